The van der Waals surface area contributed by atoms with Crippen molar-refractivity contribution in [2.45, 2.75) is 18.0 Å². The number of thioether (sulfide) groups is 1. The average Bonchev–Trinajstić information content (AvgIpc) is 2.38. The van der Waals surface area contributed by atoms with Gasteiger partial charge >= 0.3 is 6.18 Å². The number of benzene rings is 1. The lowest BCUT2D eigenvalue weighted by Crippen LogP contribution is -2.30. The highest BCUT2D eigenvalue weighted by atomic mass is 32.2. The molecule has 2 N–H and O–H groups in total. The van der Waals surface area contributed by atoms with Gasteiger partial charge in [-0.05, 0) is 17.5 Å². The Kier molecular flexibility index (Phi) is 4.39. The summed E-state index contributed by atoms with van der Waals surface area (Å²) in [4.78, 5) is 14.4. The van der Waals surface area contributed by atoms with Crippen LogP contribution in [-0.4, -0.2) is 28.1 Å². The quantitative estimate of drug-likeness (QED) is 0.913. The first kappa shape index (κ1) is 14.9. The van der Waals surface area contributed by atoms with E-state index in [0.717, 1.165) is 17.1 Å². The van der Waals surface area contributed by atoms with Crippen LogP contribution in [0.3, 0.4) is 0 Å². The summed E-state index contributed by atoms with van der Waals surface area (Å²) in [5.41, 5.74) is 0.752. The van der Waals surface area contributed by atoms with Crippen LogP contribution in [-0.2, 0) is 5.75 Å². The fourth-order valence-electron chi connectivity index (χ4n) is 1.67. The zero-order valence-corrected chi connectivity index (χ0v) is 11.1. The summed E-state index contributed by atoms with van der Waals surface area (Å²) >= 11 is 0.874. The van der Waals surface area contributed by atoms with Crippen LogP contribution in [0.5, 0.6) is 0 Å². The third-order valence-electron chi connectivity index (χ3n) is 2.74. The van der Waals surface area contributed by atoms with Crippen LogP contribution < -0.4 is 5.56 Å². The standard InChI is InChI=1S/C13H12F3NO2S/c14-13(15,16)11(18)7-20-6-9-5-8-3-1-2-4-10(8)17-12(9)19/h1-5,11,18H,6-7H2,(H,17,19). The summed E-state index contributed by atoms with van der Waals surface area (Å²) in [7, 11) is 0. The molecule has 1 atom stereocenters. The molecule has 1 heterocycles. The van der Waals surface area contributed by atoms with Crippen LogP contribution in [0.2, 0.25) is 0 Å². The summed E-state index contributed by atoms with van der Waals surface area (Å²) in [5.74, 6) is -0.372. The van der Waals surface area contributed by atoms with Gasteiger partial charge in [-0.1, -0.05) is 18.2 Å². The van der Waals surface area contributed by atoms with Crippen molar-refractivity contribution >= 4 is 22.7 Å². The Bertz CT molecular complexity index is 654. The van der Waals surface area contributed by atoms with Crippen LogP contribution in [0.15, 0.2) is 35.1 Å². The number of aromatic nitrogens is 1. The number of halogens is 3. The van der Waals surface area contributed by atoms with Crippen LogP contribution in [0, 0.1) is 0 Å². The van der Waals surface area contributed by atoms with Gasteiger partial charge in [0, 0.05) is 22.6 Å². The zero-order chi connectivity index (χ0) is 14.8. The first-order chi connectivity index (χ1) is 9.38. The van der Waals surface area contributed by atoms with Gasteiger partial charge in [0.2, 0.25) is 0 Å². The number of pyridine rings is 1. The Labute approximate surface area is 116 Å². The molecule has 2 aromatic rings. The normalized spacial score (nSPS) is 13.6. The van der Waals surface area contributed by atoms with Gasteiger partial charge in [-0.25, -0.2) is 0 Å². The van der Waals surface area contributed by atoms with Crippen molar-refractivity contribution < 1.29 is 18.3 Å². The molecule has 20 heavy (non-hydrogen) atoms. The van der Waals surface area contributed by atoms with E-state index >= 15 is 0 Å². The van der Waals surface area contributed by atoms with Gasteiger partial charge in [0.25, 0.3) is 5.56 Å². The van der Waals surface area contributed by atoms with Gasteiger partial charge in [0.05, 0.1) is 0 Å². The number of fused-ring (bicyclic) bond motifs is 1. The fraction of sp³-hybridized carbons (Fsp3) is 0.308. The van der Waals surface area contributed by atoms with Gasteiger partial charge in [-0.3, -0.25) is 4.79 Å². The maximum Gasteiger partial charge on any atom is 0.415 e. The molecule has 108 valence electrons. The molecule has 2 rings (SSSR count). The molecule has 3 nitrogen and oxygen atoms in total. The van der Waals surface area contributed by atoms with Gasteiger partial charge in [-0.2, -0.15) is 24.9 Å². The number of hydrogen-bond donors (Lipinski definition) is 2. The Hall–Kier alpha value is -1.47. The highest BCUT2D eigenvalue weighted by molar-refractivity contribution is 7.98. The van der Waals surface area contributed by atoms with E-state index < -0.39 is 18.0 Å². The molecule has 1 aromatic heterocycles. The highest BCUT2D eigenvalue weighted by Gasteiger charge is 2.37. The number of aliphatic hydroxyl groups excluding tert-OH is 1. The molecule has 0 saturated heterocycles. The Balaban J connectivity index is 2.07. The summed E-state index contributed by atoms with van der Waals surface area (Å²) in [6.07, 6.45) is -6.99. The molecule has 0 radical (unpaired) electrons. The molecule has 0 fully saturated rings. The van der Waals surface area contributed by atoms with E-state index in [1.165, 1.54) is 0 Å². The monoisotopic (exact) mass is 303 g/mol. The number of alkyl halides is 3. The number of hydrogen-bond acceptors (Lipinski definition) is 3. The molecule has 0 bridgehead atoms. The van der Waals surface area contributed by atoms with Crippen molar-refractivity contribution in [3.63, 3.8) is 0 Å². The Morgan fingerprint density at radius 1 is 1.30 bits per heavy atom. The number of H-pyrrole nitrogens is 1. The maximum atomic E-state index is 12.1. The van der Waals surface area contributed by atoms with Gasteiger partial charge in [-0.15, -0.1) is 0 Å². The van der Waals surface area contributed by atoms with E-state index in [-0.39, 0.29) is 11.3 Å². The summed E-state index contributed by atoms with van der Waals surface area (Å²) in [6.45, 7) is 0. The second kappa shape index (κ2) is 5.88. The van der Waals surface area contributed by atoms with Gasteiger partial charge in [0.15, 0.2) is 6.10 Å². The molecule has 0 aliphatic heterocycles. The molecule has 0 aliphatic carbocycles. The number of aromatic amines is 1. The van der Waals surface area contributed by atoms with Gasteiger partial charge < -0.3 is 10.1 Å². The van der Waals surface area contributed by atoms with E-state index in [2.05, 4.69) is 4.98 Å². The fourth-order valence-corrected chi connectivity index (χ4v) is 2.64. The predicted molar refractivity (Wildman–Crippen MR) is 72.8 cm³/mol. The van der Waals surface area contributed by atoms with Crippen molar-refractivity contribution in [1.82, 2.24) is 4.98 Å². The number of rotatable bonds is 4. The lowest BCUT2D eigenvalue weighted by Gasteiger charge is -2.13. The van der Waals surface area contributed by atoms with Crippen LogP contribution in [0.1, 0.15) is 5.56 Å². The average molecular weight is 303 g/mol. The molecule has 0 saturated carbocycles. The minimum absolute atomic E-state index is 0.118. The smallest absolute Gasteiger partial charge is 0.383 e. The van der Waals surface area contributed by atoms with Crippen molar-refractivity contribution in [1.29, 1.82) is 0 Å². The second-order valence-corrected chi connectivity index (χ2v) is 5.31. The van der Waals surface area contributed by atoms with Crippen molar-refractivity contribution in [3.05, 3.63) is 46.2 Å². The lowest BCUT2D eigenvalue weighted by molar-refractivity contribution is -0.195. The minimum Gasteiger partial charge on any atom is -0.383 e. The van der Waals surface area contributed by atoms with Crippen LogP contribution in [0.4, 0.5) is 13.2 Å². The summed E-state index contributed by atoms with van der Waals surface area (Å²) in [6, 6.07) is 8.81. The summed E-state index contributed by atoms with van der Waals surface area (Å²) < 4.78 is 36.4. The number of para-hydroxylation sites is 1. The summed E-state index contributed by atoms with van der Waals surface area (Å²) in [5, 5.41) is 9.69. The van der Waals surface area contributed by atoms with Crippen molar-refractivity contribution in [2.24, 2.45) is 0 Å². The molecule has 7 heteroatoms. The van der Waals surface area contributed by atoms with E-state index in [9.17, 15) is 18.0 Å². The van der Waals surface area contributed by atoms with Crippen molar-refractivity contribution in [3.8, 4) is 0 Å². The first-order valence-electron chi connectivity index (χ1n) is 5.81. The van der Waals surface area contributed by atoms with E-state index in [4.69, 9.17) is 5.11 Å². The first-order valence-corrected chi connectivity index (χ1v) is 6.97. The van der Waals surface area contributed by atoms with Crippen LogP contribution >= 0.6 is 11.8 Å². The number of aliphatic hydroxyl groups is 1. The molecule has 0 amide bonds. The third-order valence-corrected chi connectivity index (χ3v) is 3.81. The molecule has 1 unspecified atom stereocenters. The lowest BCUT2D eigenvalue weighted by atomic mass is 10.2. The SMILES string of the molecule is O=c1[nH]c2ccccc2cc1CSCC(O)C(F)(F)F. The molecular weight excluding hydrogens is 291 g/mol. The van der Waals surface area contributed by atoms with Gasteiger partial charge in [0.1, 0.15) is 0 Å². The zero-order valence-electron chi connectivity index (χ0n) is 10.3. The van der Waals surface area contributed by atoms with E-state index in [1.807, 2.05) is 12.1 Å². The van der Waals surface area contributed by atoms with Crippen LogP contribution in [0.25, 0.3) is 10.9 Å². The van der Waals surface area contributed by atoms with Crippen molar-refractivity contribution in [2.75, 3.05) is 5.75 Å². The molecular formula is C13H12F3NO2S. The molecule has 0 aliphatic rings. The topological polar surface area (TPSA) is 53.1 Å². The Morgan fingerprint density at radius 2 is 2.00 bits per heavy atom. The van der Waals surface area contributed by atoms with E-state index in [1.54, 1.807) is 18.2 Å². The number of nitrogens with one attached hydrogen (secondary N) is 1. The highest BCUT2D eigenvalue weighted by Crippen LogP contribution is 2.24. The van der Waals surface area contributed by atoms with E-state index in [0.29, 0.717) is 11.1 Å². The molecule has 0 spiro atoms. The second-order valence-electron chi connectivity index (χ2n) is 4.28. The minimum atomic E-state index is -4.62. The maximum absolute atomic E-state index is 12.1. The predicted octanol–water partition coefficient (Wildman–Crippen LogP) is 2.68. The molecule has 1 aromatic carbocycles. The largest absolute Gasteiger partial charge is 0.415 e. The Morgan fingerprint density at radius 3 is 2.70 bits per heavy atom. The third kappa shape index (κ3) is 3.55.